The Morgan fingerprint density at radius 2 is 1.71 bits per heavy atom. The van der Waals surface area contributed by atoms with E-state index in [1.807, 2.05) is 11.8 Å². The topological polar surface area (TPSA) is 145 Å². The van der Waals surface area contributed by atoms with Gasteiger partial charge in [-0.1, -0.05) is 50.5 Å². The number of benzene rings is 1. The minimum Gasteiger partial charge on any atom is -0.391 e. The van der Waals surface area contributed by atoms with Crippen LogP contribution >= 0.6 is 0 Å². The van der Waals surface area contributed by atoms with Crippen molar-refractivity contribution in [2.75, 3.05) is 0 Å². The minimum atomic E-state index is -0.722. The predicted molar refractivity (Wildman–Crippen MR) is 160 cm³/mol. The van der Waals surface area contributed by atoms with Gasteiger partial charge in [0, 0.05) is 25.4 Å². The van der Waals surface area contributed by atoms with Crippen LogP contribution in [0.1, 0.15) is 103 Å². The van der Waals surface area contributed by atoms with Crippen LogP contribution in [0.25, 0.3) is 0 Å². The number of fused-ring (bicyclic) bond motifs is 1. The van der Waals surface area contributed by atoms with Gasteiger partial charge in [0.05, 0.1) is 18.2 Å². The molecule has 2 aliphatic rings. The maximum absolute atomic E-state index is 13.2. The maximum atomic E-state index is 13.2. The molecule has 0 spiro atoms. The number of hydrogen-bond donors (Lipinski definition) is 5. The smallest absolute Gasteiger partial charge is 0.237 e. The molecule has 7 unspecified atom stereocenters. The van der Waals surface area contributed by atoms with E-state index in [-0.39, 0.29) is 54.2 Å². The molecule has 2 saturated heterocycles. The van der Waals surface area contributed by atoms with Crippen molar-refractivity contribution in [2.24, 2.45) is 11.7 Å². The number of carbonyl (C=O) groups excluding carboxylic acids is 3. The van der Waals surface area contributed by atoms with E-state index >= 15 is 0 Å². The van der Waals surface area contributed by atoms with Gasteiger partial charge in [-0.15, -0.1) is 0 Å². The van der Waals surface area contributed by atoms with Crippen molar-refractivity contribution in [3.05, 3.63) is 35.4 Å². The van der Waals surface area contributed by atoms with Crippen LogP contribution in [0, 0.1) is 5.92 Å². The lowest BCUT2D eigenvalue weighted by Crippen LogP contribution is -2.54. The largest absolute Gasteiger partial charge is 0.391 e. The summed E-state index contributed by atoms with van der Waals surface area (Å²) in [6.45, 7) is 5.46. The fraction of sp³-hybridized carbons (Fsp3) is 0.719. The van der Waals surface area contributed by atoms with Crippen molar-refractivity contribution in [1.29, 1.82) is 0 Å². The van der Waals surface area contributed by atoms with Crippen LogP contribution in [0.5, 0.6) is 0 Å². The van der Waals surface area contributed by atoms with Gasteiger partial charge in [-0.3, -0.25) is 19.3 Å². The number of nitrogens with zero attached hydrogens (tertiary/aromatic N) is 1. The zero-order valence-electron chi connectivity index (χ0n) is 25.2. The van der Waals surface area contributed by atoms with E-state index in [0.29, 0.717) is 32.1 Å². The second kappa shape index (κ2) is 16.2. The number of primary amides is 1. The lowest BCUT2D eigenvalue weighted by atomic mass is 9.88. The summed E-state index contributed by atoms with van der Waals surface area (Å²) in [5.41, 5.74) is 7.58. The highest BCUT2D eigenvalue weighted by molar-refractivity contribution is 5.82. The number of nitrogens with two attached hydrogens (primary N) is 1. The molecule has 0 aliphatic carbocycles. The summed E-state index contributed by atoms with van der Waals surface area (Å²) in [5.74, 6) is -0.633. The number of carbonyl (C=O) groups is 3. The molecule has 9 nitrogen and oxygen atoms in total. The Bertz CT molecular complexity index is 987. The molecule has 3 amide bonds. The fourth-order valence-electron chi connectivity index (χ4n) is 6.61. The van der Waals surface area contributed by atoms with Crippen LogP contribution in [0.15, 0.2) is 24.3 Å². The summed E-state index contributed by atoms with van der Waals surface area (Å²) in [6.07, 6.45) is 8.34. The van der Waals surface area contributed by atoms with Gasteiger partial charge in [0.25, 0.3) is 0 Å². The number of aliphatic hydroxyl groups is 2. The van der Waals surface area contributed by atoms with Crippen molar-refractivity contribution in [3.63, 3.8) is 0 Å². The van der Waals surface area contributed by atoms with Crippen LogP contribution in [-0.2, 0) is 27.2 Å². The van der Waals surface area contributed by atoms with E-state index in [9.17, 15) is 24.6 Å². The van der Waals surface area contributed by atoms with Gasteiger partial charge in [0.1, 0.15) is 6.23 Å². The number of aryl methyl sites for hydroxylation is 1. The number of aliphatic hydroxyl groups excluding tert-OH is 2. The SMILES string of the molecule is CCc1ccc(CC(NC(C)=O)C(O)CCCC2CCCCC3CCC(C(=O)NC(C)CCC(N)=O)N3C2O)cc1. The zero-order chi connectivity index (χ0) is 29.9. The molecule has 7 atom stereocenters. The highest BCUT2D eigenvalue weighted by atomic mass is 16.3. The van der Waals surface area contributed by atoms with E-state index in [1.165, 1.54) is 12.5 Å². The van der Waals surface area contributed by atoms with Gasteiger partial charge >= 0.3 is 0 Å². The van der Waals surface area contributed by atoms with Crippen molar-refractivity contribution < 1.29 is 24.6 Å². The second-order valence-electron chi connectivity index (χ2n) is 12.2. The first kappa shape index (κ1) is 33.0. The van der Waals surface area contributed by atoms with Gasteiger partial charge in [0.2, 0.25) is 17.7 Å². The highest BCUT2D eigenvalue weighted by Crippen LogP contribution is 2.37. The quantitative estimate of drug-likeness (QED) is 0.232. The van der Waals surface area contributed by atoms with Crippen LogP contribution < -0.4 is 16.4 Å². The van der Waals surface area contributed by atoms with Crippen LogP contribution in [0.2, 0.25) is 0 Å². The molecule has 2 heterocycles. The number of rotatable bonds is 14. The molecule has 1 aromatic rings. The summed E-state index contributed by atoms with van der Waals surface area (Å²) >= 11 is 0. The fourth-order valence-corrected chi connectivity index (χ4v) is 6.61. The van der Waals surface area contributed by atoms with Crippen molar-refractivity contribution in [1.82, 2.24) is 15.5 Å². The minimum absolute atomic E-state index is 0.00601. The number of hydrogen-bond acceptors (Lipinski definition) is 6. The van der Waals surface area contributed by atoms with Crippen molar-refractivity contribution >= 4 is 17.7 Å². The summed E-state index contributed by atoms with van der Waals surface area (Å²) in [7, 11) is 0. The lowest BCUT2D eigenvalue weighted by Gasteiger charge is -2.40. The molecule has 3 rings (SSSR count). The van der Waals surface area contributed by atoms with Crippen molar-refractivity contribution in [2.45, 2.75) is 141 Å². The van der Waals surface area contributed by atoms with Gasteiger partial charge in [-0.25, -0.2) is 0 Å². The Kier molecular flexibility index (Phi) is 13.1. The zero-order valence-corrected chi connectivity index (χ0v) is 25.2. The summed E-state index contributed by atoms with van der Waals surface area (Å²) in [4.78, 5) is 38.3. The van der Waals surface area contributed by atoms with Crippen LogP contribution in [0.3, 0.4) is 0 Å². The Hall–Kier alpha value is -2.49. The van der Waals surface area contributed by atoms with Crippen LogP contribution in [0.4, 0.5) is 0 Å². The standard InChI is InChI=1S/C32H52N4O5/c1-4-23-13-15-24(16-14-23)20-27(35-22(3)37)29(38)11-7-9-25-8-5-6-10-26-17-18-28(36(26)32(25)41)31(40)34-21(2)12-19-30(33)39/h13-16,21,25-29,32,38,41H,4-12,17-20H2,1-3H3,(H2,33,39)(H,34,40)(H,35,37). The van der Waals surface area contributed by atoms with Gasteiger partial charge < -0.3 is 26.6 Å². The molecule has 0 radical (unpaired) electrons. The molecule has 0 bridgehead atoms. The average molecular weight is 573 g/mol. The van der Waals surface area contributed by atoms with E-state index in [1.54, 1.807) is 0 Å². The Balaban J connectivity index is 1.58. The third-order valence-electron chi connectivity index (χ3n) is 8.97. The third-order valence-corrected chi connectivity index (χ3v) is 8.97. The second-order valence-corrected chi connectivity index (χ2v) is 12.2. The van der Waals surface area contributed by atoms with E-state index in [0.717, 1.165) is 50.5 Å². The molecule has 0 saturated carbocycles. The van der Waals surface area contributed by atoms with Gasteiger partial charge in [0.15, 0.2) is 0 Å². The normalized spacial score (nSPS) is 25.3. The lowest BCUT2D eigenvalue weighted by molar-refractivity contribution is -0.136. The predicted octanol–water partition coefficient (Wildman–Crippen LogP) is 2.94. The molecule has 41 heavy (non-hydrogen) atoms. The monoisotopic (exact) mass is 572 g/mol. The Labute approximate surface area is 245 Å². The van der Waals surface area contributed by atoms with E-state index < -0.39 is 12.3 Å². The molecule has 9 heteroatoms. The molecule has 1 aromatic carbocycles. The molecular weight excluding hydrogens is 520 g/mol. The van der Waals surface area contributed by atoms with Gasteiger partial charge in [-0.2, -0.15) is 0 Å². The molecule has 0 aromatic heterocycles. The molecular formula is C32H52N4O5. The molecule has 2 aliphatic heterocycles. The highest BCUT2D eigenvalue weighted by Gasteiger charge is 2.44. The number of nitrogens with one attached hydrogen (secondary N) is 2. The Morgan fingerprint density at radius 1 is 1.02 bits per heavy atom. The number of amides is 3. The summed E-state index contributed by atoms with van der Waals surface area (Å²) in [6, 6.07) is 7.53. The maximum Gasteiger partial charge on any atom is 0.237 e. The molecule has 6 N–H and O–H groups in total. The molecule has 2 fully saturated rings. The van der Waals surface area contributed by atoms with Gasteiger partial charge in [-0.05, 0) is 81.8 Å². The van der Waals surface area contributed by atoms with E-state index in [4.69, 9.17) is 5.73 Å². The van der Waals surface area contributed by atoms with Crippen LogP contribution in [-0.4, -0.2) is 69.3 Å². The average Bonchev–Trinajstić information content (AvgIpc) is 3.35. The first-order valence-electron chi connectivity index (χ1n) is 15.7. The third kappa shape index (κ3) is 10.1. The Morgan fingerprint density at radius 3 is 2.37 bits per heavy atom. The molecule has 230 valence electrons. The van der Waals surface area contributed by atoms with E-state index in [2.05, 4.69) is 41.8 Å². The summed E-state index contributed by atoms with van der Waals surface area (Å²) < 4.78 is 0. The summed E-state index contributed by atoms with van der Waals surface area (Å²) in [5, 5.41) is 28.6. The first-order valence-corrected chi connectivity index (χ1v) is 15.7. The van der Waals surface area contributed by atoms with Crippen molar-refractivity contribution in [3.8, 4) is 0 Å². The first-order chi connectivity index (χ1) is 19.6.